The highest BCUT2D eigenvalue weighted by atomic mass is 19.1. The fourth-order valence-electron chi connectivity index (χ4n) is 4.05. The van der Waals surface area contributed by atoms with E-state index in [0.29, 0.717) is 25.1 Å². The molecule has 2 aromatic carbocycles. The van der Waals surface area contributed by atoms with Crippen molar-refractivity contribution in [1.29, 1.82) is 0 Å². The Hall–Kier alpha value is -3.48. The van der Waals surface area contributed by atoms with Gasteiger partial charge in [0.1, 0.15) is 5.82 Å². The molecule has 3 N–H and O–H groups in total. The SMILES string of the molecule is C=CC(=O)N1CCc2c(cccc2-c2c(F)cc(C(N)=O)c3[nH]c(C)c(F)c23)C1. The lowest BCUT2D eigenvalue weighted by Crippen LogP contribution is -2.34. The maximum absolute atomic E-state index is 15.2. The van der Waals surface area contributed by atoms with E-state index in [0.717, 1.165) is 17.2 Å². The van der Waals surface area contributed by atoms with Crippen molar-refractivity contribution in [2.45, 2.75) is 19.9 Å². The van der Waals surface area contributed by atoms with E-state index in [1.54, 1.807) is 17.0 Å². The molecule has 0 saturated heterocycles. The summed E-state index contributed by atoms with van der Waals surface area (Å²) in [5, 5.41) is 0.00861. The Morgan fingerprint density at radius 1 is 1.31 bits per heavy atom. The number of aromatic nitrogens is 1. The van der Waals surface area contributed by atoms with E-state index in [-0.39, 0.29) is 33.6 Å². The highest BCUT2D eigenvalue weighted by molar-refractivity contribution is 6.10. The molecular weight excluding hydrogens is 376 g/mol. The zero-order valence-electron chi connectivity index (χ0n) is 15.8. The van der Waals surface area contributed by atoms with Crippen molar-refractivity contribution in [3.05, 3.63) is 70.9 Å². The van der Waals surface area contributed by atoms with Crippen molar-refractivity contribution in [2.24, 2.45) is 5.73 Å². The number of amides is 2. The van der Waals surface area contributed by atoms with Crippen molar-refractivity contribution in [2.75, 3.05) is 6.54 Å². The third-order valence-corrected chi connectivity index (χ3v) is 5.43. The Morgan fingerprint density at radius 3 is 2.76 bits per heavy atom. The molecule has 0 saturated carbocycles. The summed E-state index contributed by atoms with van der Waals surface area (Å²) in [5.74, 6) is -2.35. The van der Waals surface area contributed by atoms with Crippen molar-refractivity contribution in [3.8, 4) is 11.1 Å². The van der Waals surface area contributed by atoms with Crippen LogP contribution in [0.2, 0.25) is 0 Å². The molecule has 29 heavy (non-hydrogen) atoms. The van der Waals surface area contributed by atoms with Gasteiger partial charge in [0.2, 0.25) is 5.91 Å². The summed E-state index contributed by atoms with van der Waals surface area (Å²) in [7, 11) is 0. The first-order valence-electron chi connectivity index (χ1n) is 9.16. The van der Waals surface area contributed by atoms with Gasteiger partial charge < -0.3 is 15.6 Å². The number of H-pyrrole nitrogens is 1. The number of carbonyl (C=O) groups is 2. The zero-order chi connectivity index (χ0) is 20.9. The normalized spacial score (nSPS) is 13.4. The molecule has 0 aliphatic carbocycles. The van der Waals surface area contributed by atoms with Gasteiger partial charge in [-0.3, -0.25) is 9.59 Å². The van der Waals surface area contributed by atoms with Crippen LogP contribution < -0.4 is 5.73 Å². The van der Waals surface area contributed by atoms with Crippen LogP contribution in [0.3, 0.4) is 0 Å². The minimum Gasteiger partial charge on any atom is -0.366 e. The number of nitrogens with one attached hydrogen (secondary N) is 1. The number of rotatable bonds is 3. The number of hydrogen-bond acceptors (Lipinski definition) is 2. The number of primary amides is 1. The zero-order valence-corrected chi connectivity index (χ0v) is 15.8. The molecule has 0 atom stereocenters. The van der Waals surface area contributed by atoms with Gasteiger partial charge in [0, 0.05) is 29.7 Å². The smallest absolute Gasteiger partial charge is 0.250 e. The fraction of sp³-hybridized carbons (Fsp3) is 0.182. The molecular formula is C22H19F2N3O2. The average Bonchev–Trinajstić information content (AvgIpc) is 3.00. The number of aromatic amines is 1. The summed E-state index contributed by atoms with van der Waals surface area (Å²) in [5.41, 5.74) is 8.00. The Morgan fingerprint density at radius 2 is 2.07 bits per heavy atom. The summed E-state index contributed by atoms with van der Waals surface area (Å²) in [4.78, 5) is 28.2. The molecule has 2 heterocycles. The molecule has 148 valence electrons. The van der Waals surface area contributed by atoms with Gasteiger partial charge in [0.25, 0.3) is 5.91 Å². The van der Waals surface area contributed by atoms with Gasteiger partial charge in [0.15, 0.2) is 5.82 Å². The third kappa shape index (κ3) is 2.90. The van der Waals surface area contributed by atoms with Gasteiger partial charge >= 0.3 is 0 Å². The minimum absolute atomic E-state index is 0.00861. The number of nitrogens with two attached hydrogens (primary N) is 1. The largest absolute Gasteiger partial charge is 0.366 e. The first-order chi connectivity index (χ1) is 13.8. The molecule has 0 fully saturated rings. The Kier molecular flexibility index (Phi) is 4.45. The van der Waals surface area contributed by atoms with Crippen LogP contribution in [0.1, 0.15) is 27.2 Å². The summed E-state index contributed by atoms with van der Waals surface area (Å²) < 4.78 is 30.1. The molecule has 7 heteroatoms. The minimum atomic E-state index is -0.838. The standard InChI is InChI=1S/C22H19F2N3O2/c1-3-17(28)27-8-7-13-12(10-27)5-4-6-14(13)18-16(23)9-15(22(25)29)21-19(18)20(24)11(2)26-21/h3-6,9,26H,1,7-8,10H2,2H3,(H2,25,29). The second-order valence-corrected chi connectivity index (χ2v) is 7.12. The average molecular weight is 395 g/mol. The van der Waals surface area contributed by atoms with Crippen LogP contribution in [-0.2, 0) is 17.8 Å². The topological polar surface area (TPSA) is 79.2 Å². The first-order valence-corrected chi connectivity index (χ1v) is 9.16. The molecule has 5 nitrogen and oxygen atoms in total. The van der Waals surface area contributed by atoms with E-state index in [1.165, 1.54) is 13.0 Å². The predicted octanol–water partition coefficient (Wildman–Crippen LogP) is 3.59. The number of halogens is 2. The van der Waals surface area contributed by atoms with Crippen LogP contribution in [-0.4, -0.2) is 28.2 Å². The summed E-state index contributed by atoms with van der Waals surface area (Å²) in [6.45, 7) is 5.85. The second kappa shape index (κ2) is 6.84. The van der Waals surface area contributed by atoms with Gasteiger partial charge in [0.05, 0.1) is 11.1 Å². The molecule has 0 bridgehead atoms. The van der Waals surface area contributed by atoms with Crippen LogP contribution in [0.25, 0.3) is 22.0 Å². The monoisotopic (exact) mass is 395 g/mol. The van der Waals surface area contributed by atoms with Crippen LogP contribution >= 0.6 is 0 Å². The molecule has 1 aliphatic rings. The molecule has 0 radical (unpaired) electrons. The van der Waals surface area contributed by atoms with Crippen molar-refractivity contribution in [1.82, 2.24) is 9.88 Å². The molecule has 4 rings (SSSR count). The number of nitrogens with zero attached hydrogens (tertiary/aromatic N) is 1. The Bertz CT molecular complexity index is 1200. The number of aryl methyl sites for hydroxylation is 1. The van der Waals surface area contributed by atoms with Gasteiger partial charge in [-0.25, -0.2) is 8.78 Å². The van der Waals surface area contributed by atoms with Gasteiger partial charge in [-0.2, -0.15) is 0 Å². The number of fused-ring (bicyclic) bond motifs is 2. The molecule has 1 aliphatic heterocycles. The van der Waals surface area contributed by atoms with E-state index in [9.17, 15) is 14.0 Å². The summed E-state index contributed by atoms with van der Waals surface area (Å²) >= 11 is 0. The highest BCUT2D eigenvalue weighted by Gasteiger charge is 2.27. The number of benzene rings is 2. The van der Waals surface area contributed by atoms with E-state index >= 15 is 4.39 Å². The lowest BCUT2D eigenvalue weighted by Gasteiger charge is -2.29. The van der Waals surface area contributed by atoms with Gasteiger partial charge in [-0.05, 0) is 42.2 Å². The van der Waals surface area contributed by atoms with Gasteiger partial charge in [-0.15, -0.1) is 0 Å². The van der Waals surface area contributed by atoms with Crippen LogP contribution in [0, 0.1) is 18.6 Å². The van der Waals surface area contributed by atoms with Crippen LogP contribution in [0.4, 0.5) is 8.78 Å². The number of hydrogen-bond donors (Lipinski definition) is 2. The molecule has 1 aromatic heterocycles. The number of carbonyl (C=O) groups excluding carboxylic acids is 2. The summed E-state index contributed by atoms with van der Waals surface area (Å²) in [6, 6.07) is 6.40. The van der Waals surface area contributed by atoms with Crippen LogP contribution in [0.5, 0.6) is 0 Å². The predicted molar refractivity (Wildman–Crippen MR) is 106 cm³/mol. The van der Waals surface area contributed by atoms with Crippen molar-refractivity contribution < 1.29 is 18.4 Å². The van der Waals surface area contributed by atoms with Crippen molar-refractivity contribution in [3.63, 3.8) is 0 Å². The maximum Gasteiger partial charge on any atom is 0.250 e. The lowest BCUT2D eigenvalue weighted by atomic mass is 9.88. The van der Waals surface area contributed by atoms with Gasteiger partial charge in [-0.1, -0.05) is 24.8 Å². The third-order valence-electron chi connectivity index (χ3n) is 5.43. The first kappa shape index (κ1) is 18.9. The maximum atomic E-state index is 15.2. The molecule has 3 aromatic rings. The molecule has 2 amide bonds. The molecule has 0 unspecified atom stereocenters. The second-order valence-electron chi connectivity index (χ2n) is 7.12. The fourth-order valence-corrected chi connectivity index (χ4v) is 4.05. The van der Waals surface area contributed by atoms with E-state index in [2.05, 4.69) is 11.6 Å². The Balaban J connectivity index is 1.97. The lowest BCUT2D eigenvalue weighted by molar-refractivity contribution is -0.126. The highest BCUT2D eigenvalue weighted by Crippen LogP contribution is 2.39. The van der Waals surface area contributed by atoms with Crippen molar-refractivity contribution >= 4 is 22.7 Å². The molecule has 0 spiro atoms. The van der Waals surface area contributed by atoms with E-state index in [4.69, 9.17) is 5.73 Å². The van der Waals surface area contributed by atoms with E-state index < -0.39 is 17.5 Å². The quantitative estimate of drug-likeness (QED) is 0.665. The van der Waals surface area contributed by atoms with E-state index in [1.807, 2.05) is 6.07 Å². The summed E-state index contributed by atoms with van der Waals surface area (Å²) in [6.07, 6.45) is 1.76. The Labute approximate surface area is 165 Å². The van der Waals surface area contributed by atoms with Crippen LogP contribution in [0.15, 0.2) is 36.9 Å².